The van der Waals surface area contributed by atoms with Gasteiger partial charge >= 0.3 is 0 Å². The molecular weight excluding hydrogens is 278 g/mol. The molecule has 122 valence electrons. The summed E-state index contributed by atoms with van der Waals surface area (Å²) in [6, 6.07) is 10.4. The van der Waals surface area contributed by atoms with Gasteiger partial charge in [0.25, 0.3) is 5.91 Å². The first-order chi connectivity index (χ1) is 10.6. The molecule has 1 aliphatic rings. The molecular formula is C17H27N3O2. The van der Waals surface area contributed by atoms with Crippen molar-refractivity contribution in [1.82, 2.24) is 15.5 Å². The van der Waals surface area contributed by atoms with E-state index in [0.717, 1.165) is 13.1 Å². The molecule has 1 amide bonds. The first-order valence-corrected chi connectivity index (χ1v) is 7.84. The highest BCUT2D eigenvalue weighted by Gasteiger charge is 2.39. The number of hydrogen-bond donors (Lipinski definition) is 2. The van der Waals surface area contributed by atoms with Gasteiger partial charge in [-0.3, -0.25) is 4.79 Å². The molecule has 22 heavy (non-hydrogen) atoms. The standard InChI is InChI=1S/C17H27N3O2/c1-20(2)15(14-7-5-4-6-8-14)13-19-16(21)17(22-3)9-11-18-12-10-17/h4-8,15,18H,9-13H2,1-3H3,(H,19,21). The normalized spacial score (nSPS) is 18.9. The molecule has 1 aliphatic heterocycles. The van der Waals surface area contributed by atoms with Crippen molar-refractivity contribution in [2.24, 2.45) is 0 Å². The molecule has 1 heterocycles. The highest BCUT2D eigenvalue weighted by atomic mass is 16.5. The number of hydrogen-bond acceptors (Lipinski definition) is 4. The minimum atomic E-state index is -0.682. The molecule has 5 nitrogen and oxygen atoms in total. The molecule has 1 saturated heterocycles. The second kappa shape index (κ2) is 7.72. The second-order valence-electron chi connectivity index (χ2n) is 6.05. The molecule has 1 atom stereocenters. The van der Waals surface area contributed by atoms with Crippen molar-refractivity contribution in [3.8, 4) is 0 Å². The third kappa shape index (κ3) is 3.85. The lowest BCUT2D eigenvalue weighted by Gasteiger charge is -2.35. The molecule has 1 fully saturated rings. The third-order valence-electron chi connectivity index (χ3n) is 4.48. The van der Waals surface area contributed by atoms with Crippen molar-refractivity contribution in [1.29, 1.82) is 0 Å². The van der Waals surface area contributed by atoms with Crippen LogP contribution in [0.1, 0.15) is 24.4 Å². The number of carbonyl (C=O) groups is 1. The number of amides is 1. The summed E-state index contributed by atoms with van der Waals surface area (Å²) in [4.78, 5) is 14.7. The minimum Gasteiger partial charge on any atom is -0.368 e. The molecule has 0 aliphatic carbocycles. The van der Waals surface area contributed by atoms with Gasteiger partial charge in [-0.25, -0.2) is 0 Å². The van der Waals surface area contributed by atoms with Crippen molar-refractivity contribution in [2.45, 2.75) is 24.5 Å². The Balaban J connectivity index is 2.01. The van der Waals surface area contributed by atoms with Gasteiger partial charge in [0.05, 0.1) is 6.04 Å². The molecule has 1 unspecified atom stereocenters. The van der Waals surface area contributed by atoms with Crippen LogP contribution in [0.25, 0.3) is 0 Å². The van der Waals surface area contributed by atoms with Gasteiger partial charge in [-0.2, -0.15) is 0 Å². The van der Waals surface area contributed by atoms with Crippen LogP contribution in [0, 0.1) is 0 Å². The summed E-state index contributed by atoms with van der Waals surface area (Å²) in [5.74, 6) is -0.000666. The molecule has 1 aromatic rings. The lowest BCUT2D eigenvalue weighted by molar-refractivity contribution is -0.146. The van der Waals surface area contributed by atoms with Crippen molar-refractivity contribution in [3.63, 3.8) is 0 Å². The van der Waals surface area contributed by atoms with E-state index < -0.39 is 5.60 Å². The molecule has 2 rings (SSSR count). The Bertz CT molecular complexity index is 470. The highest BCUT2D eigenvalue weighted by Crippen LogP contribution is 2.23. The average Bonchev–Trinajstić information content (AvgIpc) is 2.56. The zero-order chi connectivity index (χ0) is 16.0. The number of methoxy groups -OCH3 is 1. The van der Waals surface area contributed by atoms with Gasteiger partial charge in [0.15, 0.2) is 0 Å². The quantitative estimate of drug-likeness (QED) is 0.828. The number of benzene rings is 1. The van der Waals surface area contributed by atoms with E-state index in [0.29, 0.717) is 19.4 Å². The first-order valence-electron chi connectivity index (χ1n) is 7.84. The fourth-order valence-corrected chi connectivity index (χ4v) is 2.98. The van der Waals surface area contributed by atoms with Crippen molar-refractivity contribution in [2.75, 3.05) is 40.8 Å². The summed E-state index contributed by atoms with van der Waals surface area (Å²) in [7, 11) is 5.69. The van der Waals surface area contributed by atoms with Gasteiger partial charge in [0.2, 0.25) is 0 Å². The number of carbonyl (C=O) groups excluding carboxylic acids is 1. The van der Waals surface area contributed by atoms with E-state index in [1.165, 1.54) is 5.56 Å². The van der Waals surface area contributed by atoms with E-state index in [1.54, 1.807) is 7.11 Å². The van der Waals surface area contributed by atoms with E-state index in [2.05, 4.69) is 27.7 Å². The maximum atomic E-state index is 12.6. The Labute approximate surface area is 133 Å². The Kier molecular flexibility index (Phi) is 5.94. The lowest BCUT2D eigenvalue weighted by Crippen LogP contribution is -2.55. The Morgan fingerprint density at radius 3 is 2.50 bits per heavy atom. The van der Waals surface area contributed by atoms with Crippen LogP contribution in [0.2, 0.25) is 0 Å². The van der Waals surface area contributed by atoms with Gasteiger partial charge in [-0.15, -0.1) is 0 Å². The van der Waals surface area contributed by atoms with Crippen LogP contribution < -0.4 is 10.6 Å². The van der Waals surface area contributed by atoms with Crippen LogP contribution in [0.4, 0.5) is 0 Å². The molecule has 0 radical (unpaired) electrons. The number of nitrogens with zero attached hydrogens (tertiary/aromatic N) is 1. The number of ether oxygens (including phenoxy) is 1. The van der Waals surface area contributed by atoms with E-state index in [4.69, 9.17) is 4.74 Å². The van der Waals surface area contributed by atoms with Gasteiger partial charge in [0.1, 0.15) is 5.60 Å². The Hall–Kier alpha value is -1.43. The zero-order valence-corrected chi connectivity index (χ0v) is 13.8. The highest BCUT2D eigenvalue weighted by molar-refractivity contribution is 5.85. The number of nitrogens with one attached hydrogen (secondary N) is 2. The van der Waals surface area contributed by atoms with Gasteiger partial charge < -0.3 is 20.3 Å². The predicted octanol–water partition coefficient (Wildman–Crippen LogP) is 1.17. The molecule has 0 bridgehead atoms. The average molecular weight is 305 g/mol. The maximum Gasteiger partial charge on any atom is 0.252 e. The van der Waals surface area contributed by atoms with Gasteiger partial charge in [-0.1, -0.05) is 30.3 Å². The van der Waals surface area contributed by atoms with Crippen LogP contribution in [0.15, 0.2) is 30.3 Å². The zero-order valence-electron chi connectivity index (χ0n) is 13.8. The third-order valence-corrected chi connectivity index (χ3v) is 4.48. The summed E-state index contributed by atoms with van der Waals surface area (Å²) in [5.41, 5.74) is 0.517. The number of piperidine rings is 1. The fraction of sp³-hybridized carbons (Fsp3) is 0.588. The predicted molar refractivity (Wildman–Crippen MR) is 87.7 cm³/mol. The lowest BCUT2D eigenvalue weighted by atomic mass is 9.91. The van der Waals surface area contributed by atoms with Crippen molar-refractivity contribution in [3.05, 3.63) is 35.9 Å². The minimum absolute atomic E-state index is 0.000666. The van der Waals surface area contributed by atoms with E-state index in [-0.39, 0.29) is 11.9 Å². The molecule has 1 aromatic carbocycles. The van der Waals surface area contributed by atoms with Gasteiger partial charge in [-0.05, 0) is 45.6 Å². The largest absolute Gasteiger partial charge is 0.368 e. The topological polar surface area (TPSA) is 53.6 Å². The summed E-state index contributed by atoms with van der Waals surface area (Å²) < 4.78 is 5.57. The van der Waals surface area contributed by atoms with Gasteiger partial charge in [0, 0.05) is 13.7 Å². The second-order valence-corrected chi connectivity index (χ2v) is 6.05. The van der Waals surface area contributed by atoms with E-state index in [1.807, 2.05) is 32.3 Å². The Morgan fingerprint density at radius 2 is 1.95 bits per heavy atom. The number of rotatable bonds is 6. The summed E-state index contributed by atoms with van der Waals surface area (Å²) in [5, 5.41) is 6.36. The smallest absolute Gasteiger partial charge is 0.252 e. The Morgan fingerprint density at radius 1 is 1.32 bits per heavy atom. The summed E-state index contributed by atoms with van der Waals surface area (Å²) in [6.07, 6.45) is 1.43. The van der Waals surface area contributed by atoms with Crippen LogP contribution in [0.5, 0.6) is 0 Å². The monoisotopic (exact) mass is 305 g/mol. The first kappa shape index (κ1) is 16.9. The van der Waals surface area contributed by atoms with Crippen molar-refractivity contribution < 1.29 is 9.53 Å². The SMILES string of the molecule is COC1(C(=O)NCC(c2ccccc2)N(C)C)CCNCC1. The fourth-order valence-electron chi connectivity index (χ4n) is 2.98. The van der Waals surface area contributed by atoms with E-state index >= 15 is 0 Å². The maximum absolute atomic E-state index is 12.6. The van der Waals surface area contributed by atoms with Crippen molar-refractivity contribution >= 4 is 5.91 Å². The molecule has 0 aromatic heterocycles. The number of likely N-dealkylation sites (N-methyl/N-ethyl adjacent to an activating group) is 1. The molecule has 0 spiro atoms. The van der Waals surface area contributed by atoms with Crippen LogP contribution in [-0.4, -0.2) is 57.2 Å². The molecule has 0 saturated carbocycles. The summed E-state index contributed by atoms with van der Waals surface area (Å²) >= 11 is 0. The van der Waals surface area contributed by atoms with Crippen LogP contribution >= 0.6 is 0 Å². The molecule has 5 heteroatoms. The van der Waals surface area contributed by atoms with Crippen LogP contribution in [-0.2, 0) is 9.53 Å². The summed E-state index contributed by atoms with van der Waals surface area (Å²) in [6.45, 7) is 2.21. The van der Waals surface area contributed by atoms with Crippen LogP contribution in [0.3, 0.4) is 0 Å². The molecule has 2 N–H and O–H groups in total. The van der Waals surface area contributed by atoms with E-state index in [9.17, 15) is 4.79 Å².